The zero-order valence-corrected chi connectivity index (χ0v) is 15.1. The molecule has 0 atom stereocenters. The maximum Gasteiger partial charge on any atom is 0.227 e. The van der Waals surface area contributed by atoms with E-state index >= 15 is 0 Å². The van der Waals surface area contributed by atoms with Crippen LogP contribution in [0, 0.1) is 0 Å². The highest BCUT2D eigenvalue weighted by Gasteiger charge is 2.09. The minimum atomic E-state index is 0.660. The zero-order chi connectivity index (χ0) is 18.0. The first kappa shape index (κ1) is 18.1. The van der Waals surface area contributed by atoms with E-state index in [0.29, 0.717) is 11.7 Å². The Bertz CT molecular complexity index is 783. The van der Waals surface area contributed by atoms with Crippen molar-refractivity contribution in [1.82, 2.24) is 15.0 Å². The lowest BCUT2D eigenvalue weighted by molar-refractivity contribution is 0.293. The van der Waals surface area contributed by atoms with Crippen LogP contribution in [0.2, 0.25) is 0 Å². The van der Waals surface area contributed by atoms with Gasteiger partial charge in [-0.2, -0.15) is 4.98 Å². The summed E-state index contributed by atoms with van der Waals surface area (Å²) in [4.78, 5) is 6.91. The molecule has 1 aromatic heterocycles. The Labute approximate surface area is 155 Å². The molecule has 1 heterocycles. The summed E-state index contributed by atoms with van der Waals surface area (Å²) in [6.07, 6.45) is 4.79. The van der Waals surface area contributed by atoms with Gasteiger partial charge in [-0.15, -0.1) is 6.58 Å². The van der Waals surface area contributed by atoms with E-state index in [0.717, 1.165) is 44.5 Å². The fourth-order valence-electron chi connectivity index (χ4n) is 2.92. The topological polar surface area (TPSA) is 42.2 Å². The van der Waals surface area contributed by atoms with Crippen molar-refractivity contribution in [3.8, 4) is 11.4 Å². The molecule has 4 nitrogen and oxygen atoms in total. The minimum Gasteiger partial charge on any atom is -0.339 e. The lowest BCUT2D eigenvalue weighted by Crippen LogP contribution is -2.27. The van der Waals surface area contributed by atoms with Crippen molar-refractivity contribution in [3.63, 3.8) is 0 Å². The van der Waals surface area contributed by atoms with Crippen LogP contribution >= 0.6 is 0 Å². The lowest BCUT2D eigenvalue weighted by atomic mass is 10.1. The van der Waals surface area contributed by atoms with Gasteiger partial charge in [-0.1, -0.05) is 71.9 Å². The zero-order valence-electron chi connectivity index (χ0n) is 15.1. The average molecular weight is 347 g/mol. The third-order valence-electron chi connectivity index (χ3n) is 4.31. The second-order valence-electron chi connectivity index (χ2n) is 6.31. The van der Waals surface area contributed by atoms with Gasteiger partial charge in [-0.25, -0.2) is 0 Å². The van der Waals surface area contributed by atoms with Gasteiger partial charge in [0.25, 0.3) is 0 Å². The number of benzene rings is 2. The Morgan fingerprint density at radius 3 is 2.38 bits per heavy atom. The van der Waals surface area contributed by atoms with Crippen molar-refractivity contribution in [1.29, 1.82) is 0 Å². The van der Waals surface area contributed by atoms with Crippen molar-refractivity contribution in [2.75, 3.05) is 19.6 Å². The first-order chi connectivity index (χ1) is 12.8. The summed E-state index contributed by atoms with van der Waals surface area (Å²) >= 11 is 0. The molecule has 0 amide bonds. The van der Waals surface area contributed by atoms with E-state index in [4.69, 9.17) is 4.52 Å². The van der Waals surface area contributed by atoms with Crippen LogP contribution in [0.4, 0.5) is 0 Å². The van der Waals surface area contributed by atoms with Gasteiger partial charge in [-0.05, 0) is 24.9 Å². The minimum absolute atomic E-state index is 0.660. The number of hydrogen-bond donors (Lipinski definition) is 0. The van der Waals surface area contributed by atoms with Gasteiger partial charge in [0.1, 0.15) is 0 Å². The molecule has 0 saturated carbocycles. The average Bonchev–Trinajstić information content (AvgIpc) is 3.16. The fraction of sp³-hybridized carbons (Fsp3) is 0.273. The highest BCUT2D eigenvalue weighted by atomic mass is 16.5. The maximum atomic E-state index is 5.39. The Morgan fingerprint density at radius 2 is 1.65 bits per heavy atom. The SMILES string of the molecule is C=CCN(CCCc1nc(-c2ccccc2)no1)CCc1ccccc1. The number of rotatable bonds is 10. The molecule has 0 aliphatic rings. The highest BCUT2D eigenvalue weighted by molar-refractivity contribution is 5.53. The van der Waals surface area contributed by atoms with Gasteiger partial charge in [0, 0.05) is 25.1 Å². The Morgan fingerprint density at radius 1 is 0.923 bits per heavy atom. The smallest absolute Gasteiger partial charge is 0.227 e. The van der Waals surface area contributed by atoms with Crippen LogP contribution in [0.5, 0.6) is 0 Å². The molecule has 4 heteroatoms. The normalized spacial score (nSPS) is 11.0. The number of aromatic nitrogens is 2. The second kappa shape index (κ2) is 9.68. The summed E-state index contributed by atoms with van der Waals surface area (Å²) < 4.78 is 5.39. The molecule has 0 spiro atoms. The van der Waals surface area contributed by atoms with Gasteiger partial charge in [-0.3, -0.25) is 4.90 Å². The second-order valence-corrected chi connectivity index (χ2v) is 6.31. The van der Waals surface area contributed by atoms with Crippen LogP contribution in [-0.4, -0.2) is 34.7 Å². The third-order valence-corrected chi connectivity index (χ3v) is 4.31. The van der Waals surface area contributed by atoms with Crippen LogP contribution in [0.15, 0.2) is 77.8 Å². The monoisotopic (exact) mass is 347 g/mol. The first-order valence-corrected chi connectivity index (χ1v) is 9.10. The van der Waals surface area contributed by atoms with Gasteiger partial charge in [0.15, 0.2) is 0 Å². The highest BCUT2D eigenvalue weighted by Crippen LogP contribution is 2.15. The van der Waals surface area contributed by atoms with E-state index < -0.39 is 0 Å². The van der Waals surface area contributed by atoms with E-state index in [-0.39, 0.29) is 0 Å². The molecule has 0 radical (unpaired) electrons. The lowest BCUT2D eigenvalue weighted by Gasteiger charge is -2.20. The molecule has 0 aliphatic carbocycles. The van der Waals surface area contributed by atoms with Crippen LogP contribution in [0.1, 0.15) is 17.9 Å². The Kier molecular flexibility index (Phi) is 6.73. The molecular weight excluding hydrogens is 322 g/mol. The predicted molar refractivity (Wildman–Crippen MR) is 105 cm³/mol. The van der Waals surface area contributed by atoms with E-state index in [1.54, 1.807) is 0 Å². The van der Waals surface area contributed by atoms with Crippen LogP contribution in [-0.2, 0) is 12.8 Å². The number of aryl methyl sites for hydroxylation is 1. The molecule has 134 valence electrons. The van der Waals surface area contributed by atoms with Crippen molar-refractivity contribution in [2.24, 2.45) is 0 Å². The number of nitrogens with zero attached hydrogens (tertiary/aromatic N) is 3. The van der Waals surface area contributed by atoms with Crippen LogP contribution < -0.4 is 0 Å². The molecule has 3 rings (SSSR count). The molecule has 26 heavy (non-hydrogen) atoms. The molecule has 0 fully saturated rings. The van der Waals surface area contributed by atoms with Crippen molar-refractivity contribution in [3.05, 3.63) is 84.8 Å². The Balaban J connectivity index is 1.47. The largest absolute Gasteiger partial charge is 0.339 e. The van der Waals surface area contributed by atoms with E-state index in [9.17, 15) is 0 Å². The molecule has 0 saturated heterocycles. The van der Waals surface area contributed by atoms with Gasteiger partial charge in [0.05, 0.1) is 0 Å². The summed E-state index contributed by atoms with van der Waals surface area (Å²) in [5, 5.41) is 4.08. The summed E-state index contributed by atoms with van der Waals surface area (Å²) in [6, 6.07) is 20.5. The van der Waals surface area contributed by atoms with E-state index in [1.165, 1.54) is 5.56 Å². The van der Waals surface area contributed by atoms with Crippen LogP contribution in [0.25, 0.3) is 11.4 Å². The summed E-state index contributed by atoms with van der Waals surface area (Å²) in [5.41, 5.74) is 2.35. The van der Waals surface area contributed by atoms with Crippen LogP contribution in [0.3, 0.4) is 0 Å². The van der Waals surface area contributed by atoms with Crippen molar-refractivity contribution >= 4 is 0 Å². The number of hydrogen-bond acceptors (Lipinski definition) is 4. The molecule has 0 N–H and O–H groups in total. The quantitative estimate of drug-likeness (QED) is 0.510. The molecule has 0 unspecified atom stereocenters. The molecule has 0 bridgehead atoms. The molecule has 0 aliphatic heterocycles. The maximum absolute atomic E-state index is 5.39. The third kappa shape index (κ3) is 5.39. The predicted octanol–water partition coefficient (Wildman–Crippen LogP) is 4.40. The molecule has 3 aromatic rings. The van der Waals surface area contributed by atoms with Gasteiger partial charge in [0.2, 0.25) is 11.7 Å². The summed E-state index contributed by atoms with van der Waals surface area (Å²) in [7, 11) is 0. The van der Waals surface area contributed by atoms with Crippen molar-refractivity contribution in [2.45, 2.75) is 19.3 Å². The van der Waals surface area contributed by atoms with Gasteiger partial charge < -0.3 is 4.52 Å². The van der Waals surface area contributed by atoms with Crippen molar-refractivity contribution < 1.29 is 4.52 Å². The van der Waals surface area contributed by atoms with E-state index in [1.807, 2.05) is 36.4 Å². The summed E-state index contributed by atoms with van der Waals surface area (Å²) in [5.74, 6) is 1.36. The fourth-order valence-corrected chi connectivity index (χ4v) is 2.92. The van der Waals surface area contributed by atoms with E-state index in [2.05, 4.69) is 52.0 Å². The molecule has 2 aromatic carbocycles. The summed E-state index contributed by atoms with van der Waals surface area (Å²) in [6.45, 7) is 6.78. The van der Waals surface area contributed by atoms with Gasteiger partial charge >= 0.3 is 0 Å². The Hall–Kier alpha value is -2.72. The standard InChI is InChI=1S/C22H25N3O/c1-2-16-25(18-15-19-10-5-3-6-11-19)17-9-14-21-23-22(24-26-21)20-12-7-4-8-13-20/h2-8,10-13H,1,9,14-18H2. The first-order valence-electron chi connectivity index (χ1n) is 9.10. The molecular formula is C22H25N3O.